The number of para-hydroxylation sites is 2. The van der Waals surface area contributed by atoms with Gasteiger partial charge in [0.05, 0.1) is 22.5 Å². The van der Waals surface area contributed by atoms with Crippen LogP contribution in [0.4, 0.5) is 0 Å². The largest absolute Gasteiger partial charge is 0.360 e. The highest BCUT2D eigenvalue weighted by Crippen LogP contribution is 2.26. The van der Waals surface area contributed by atoms with E-state index in [1.54, 1.807) is 11.8 Å². The molecule has 3 rings (SSSR count). The number of allylic oxidation sites excluding steroid dienone is 1. The van der Waals surface area contributed by atoms with E-state index in [-0.39, 0.29) is 0 Å². The van der Waals surface area contributed by atoms with Gasteiger partial charge in [0.1, 0.15) is 5.76 Å². The molecule has 0 aliphatic heterocycles. The fourth-order valence-corrected chi connectivity index (χ4v) is 2.99. The van der Waals surface area contributed by atoms with Crippen LogP contribution in [0, 0.1) is 6.92 Å². The van der Waals surface area contributed by atoms with Crippen LogP contribution in [0.15, 0.2) is 52.7 Å². The number of fused-ring (bicyclic) bond motifs is 1. The van der Waals surface area contributed by atoms with Crippen molar-refractivity contribution in [3.05, 3.63) is 54.4 Å². The van der Waals surface area contributed by atoms with Gasteiger partial charge in [-0.1, -0.05) is 35.1 Å². The van der Waals surface area contributed by atoms with Gasteiger partial charge in [-0.2, -0.15) is 0 Å². The van der Waals surface area contributed by atoms with Crippen molar-refractivity contribution < 1.29 is 4.52 Å². The number of thioether (sulfide) groups is 1. The zero-order chi connectivity index (χ0) is 13.9. The lowest BCUT2D eigenvalue weighted by Gasteiger charge is -2.04. The number of hydrogen-bond acceptors (Lipinski definition) is 4. The van der Waals surface area contributed by atoms with Crippen LogP contribution in [-0.4, -0.2) is 14.7 Å². The SMILES string of the molecule is C=CCn1c(SCc2cc(C)no2)nc2ccccc21. The highest BCUT2D eigenvalue weighted by molar-refractivity contribution is 7.98. The average molecular weight is 285 g/mol. The monoisotopic (exact) mass is 285 g/mol. The van der Waals surface area contributed by atoms with Crippen molar-refractivity contribution in [1.29, 1.82) is 0 Å². The fourth-order valence-electron chi connectivity index (χ4n) is 2.09. The Balaban J connectivity index is 1.89. The second-order valence-corrected chi connectivity index (χ2v) is 5.45. The summed E-state index contributed by atoms with van der Waals surface area (Å²) in [6, 6.07) is 10.1. The third-order valence-corrected chi connectivity index (χ3v) is 3.95. The van der Waals surface area contributed by atoms with Gasteiger partial charge in [-0.25, -0.2) is 4.98 Å². The van der Waals surface area contributed by atoms with E-state index in [0.29, 0.717) is 0 Å². The predicted molar refractivity (Wildman–Crippen MR) is 80.7 cm³/mol. The summed E-state index contributed by atoms with van der Waals surface area (Å²) in [4.78, 5) is 4.67. The number of rotatable bonds is 5. The predicted octanol–water partition coefficient (Wildman–Crippen LogP) is 3.81. The summed E-state index contributed by atoms with van der Waals surface area (Å²) in [5.74, 6) is 1.59. The number of hydrogen-bond donors (Lipinski definition) is 0. The molecule has 0 aliphatic rings. The molecular weight excluding hydrogens is 270 g/mol. The van der Waals surface area contributed by atoms with Crippen molar-refractivity contribution in [2.24, 2.45) is 0 Å². The zero-order valence-electron chi connectivity index (χ0n) is 11.2. The molecule has 0 amide bonds. The van der Waals surface area contributed by atoms with Gasteiger partial charge in [0.2, 0.25) is 0 Å². The zero-order valence-corrected chi connectivity index (χ0v) is 12.1. The molecular formula is C15H15N3OS. The second-order valence-electron chi connectivity index (χ2n) is 4.51. The molecule has 5 heteroatoms. The Morgan fingerprint density at radius 1 is 1.40 bits per heavy atom. The van der Waals surface area contributed by atoms with Crippen LogP contribution < -0.4 is 0 Å². The summed E-state index contributed by atoms with van der Waals surface area (Å²) in [5, 5.41) is 4.87. The summed E-state index contributed by atoms with van der Waals surface area (Å²) in [6.07, 6.45) is 1.89. The minimum Gasteiger partial charge on any atom is -0.360 e. The van der Waals surface area contributed by atoms with Crippen molar-refractivity contribution in [2.75, 3.05) is 0 Å². The summed E-state index contributed by atoms with van der Waals surface area (Å²) in [6.45, 7) is 6.49. The third-order valence-electron chi connectivity index (χ3n) is 2.95. The van der Waals surface area contributed by atoms with E-state index in [1.807, 2.05) is 37.3 Å². The molecule has 20 heavy (non-hydrogen) atoms. The Morgan fingerprint density at radius 3 is 3.00 bits per heavy atom. The molecule has 0 spiro atoms. The van der Waals surface area contributed by atoms with Crippen LogP contribution in [0.5, 0.6) is 0 Å². The summed E-state index contributed by atoms with van der Waals surface area (Å²) in [7, 11) is 0. The molecule has 0 saturated carbocycles. The standard InChI is InChI=1S/C15H15N3OS/c1-3-8-18-14-7-5-4-6-13(14)16-15(18)20-10-12-9-11(2)17-19-12/h3-7,9H,1,8,10H2,2H3. The van der Waals surface area contributed by atoms with E-state index >= 15 is 0 Å². The lowest BCUT2D eigenvalue weighted by Crippen LogP contribution is -1.97. The van der Waals surface area contributed by atoms with Gasteiger partial charge < -0.3 is 9.09 Å². The number of nitrogens with zero attached hydrogens (tertiary/aromatic N) is 3. The molecule has 0 saturated heterocycles. The van der Waals surface area contributed by atoms with Crippen LogP contribution in [0.2, 0.25) is 0 Å². The van der Waals surface area contributed by atoms with Crippen molar-refractivity contribution >= 4 is 22.8 Å². The molecule has 0 radical (unpaired) electrons. The summed E-state index contributed by atoms with van der Waals surface area (Å²) >= 11 is 1.65. The summed E-state index contributed by atoms with van der Waals surface area (Å²) in [5.41, 5.74) is 3.04. The van der Waals surface area contributed by atoms with E-state index in [0.717, 1.165) is 39.9 Å². The number of benzene rings is 1. The second kappa shape index (κ2) is 5.54. The molecule has 0 atom stereocenters. The number of imidazole rings is 1. The first kappa shape index (κ1) is 13.0. The molecule has 0 bridgehead atoms. The Labute approximate surface area is 121 Å². The smallest absolute Gasteiger partial charge is 0.169 e. The van der Waals surface area contributed by atoms with Crippen molar-refractivity contribution in [1.82, 2.24) is 14.7 Å². The fraction of sp³-hybridized carbons (Fsp3) is 0.200. The van der Waals surface area contributed by atoms with Crippen molar-refractivity contribution in [2.45, 2.75) is 24.4 Å². The number of aromatic nitrogens is 3. The van der Waals surface area contributed by atoms with E-state index in [2.05, 4.69) is 27.4 Å². The summed E-state index contributed by atoms with van der Waals surface area (Å²) < 4.78 is 7.39. The lowest BCUT2D eigenvalue weighted by atomic mass is 10.3. The average Bonchev–Trinajstić information content (AvgIpc) is 3.02. The molecule has 0 fully saturated rings. The topological polar surface area (TPSA) is 43.9 Å². The molecule has 4 nitrogen and oxygen atoms in total. The Kier molecular flexibility index (Phi) is 3.60. The molecule has 2 aromatic heterocycles. The van der Waals surface area contributed by atoms with E-state index in [4.69, 9.17) is 4.52 Å². The first-order valence-corrected chi connectivity index (χ1v) is 7.37. The van der Waals surface area contributed by atoms with Crippen molar-refractivity contribution in [3.8, 4) is 0 Å². The Hall–Kier alpha value is -2.01. The van der Waals surface area contributed by atoms with Gasteiger partial charge in [-0.15, -0.1) is 6.58 Å². The van der Waals surface area contributed by atoms with Gasteiger partial charge in [0, 0.05) is 12.6 Å². The molecule has 0 N–H and O–H groups in total. The van der Waals surface area contributed by atoms with E-state index in [1.165, 1.54) is 0 Å². The van der Waals surface area contributed by atoms with E-state index < -0.39 is 0 Å². The molecule has 3 aromatic rings. The number of aryl methyl sites for hydroxylation is 1. The molecule has 0 unspecified atom stereocenters. The van der Waals surface area contributed by atoms with Gasteiger partial charge in [0.15, 0.2) is 5.16 Å². The highest BCUT2D eigenvalue weighted by atomic mass is 32.2. The molecule has 102 valence electrons. The first-order chi connectivity index (χ1) is 9.78. The lowest BCUT2D eigenvalue weighted by molar-refractivity contribution is 0.391. The molecule has 1 aromatic carbocycles. The Bertz CT molecular complexity index is 744. The van der Waals surface area contributed by atoms with Crippen LogP contribution in [-0.2, 0) is 12.3 Å². The van der Waals surface area contributed by atoms with Crippen LogP contribution >= 0.6 is 11.8 Å². The highest BCUT2D eigenvalue weighted by Gasteiger charge is 2.11. The minimum atomic E-state index is 0.724. The van der Waals surface area contributed by atoms with E-state index in [9.17, 15) is 0 Å². The molecule has 2 heterocycles. The Morgan fingerprint density at radius 2 is 2.25 bits per heavy atom. The quantitative estimate of drug-likeness (QED) is 0.528. The third kappa shape index (κ3) is 2.49. The molecule has 0 aliphatic carbocycles. The van der Waals surface area contributed by atoms with Gasteiger partial charge in [-0.05, 0) is 19.1 Å². The van der Waals surface area contributed by atoms with Crippen molar-refractivity contribution in [3.63, 3.8) is 0 Å². The van der Waals surface area contributed by atoms with Crippen LogP contribution in [0.3, 0.4) is 0 Å². The first-order valence-electron chi connectivity index (χ1n) is 6.39. The van der Waals surface area contributed by atoms with Gasteiger partial charge in [-0.3, -0.25) is 0 Å². The van der Waals surface area contributed by atoms with Crippen LogP contribution in [0.1, 0.15) is 11.5 Å². The maximum atomic E-state index is 5.23. The van der Waals surface area contributed by atoms with Crippen LogP contribution in [0.25, 0.3) is 11.0 Å². The maximum absolute atomic E-state index is 5.23. The van der Waals surface area contributed by atoms with Gasteiger partial charge >= 0.3 is 0 Å². The maximum Gasteiger partial charge on any atom is 0.169 e. The minimum absolute atomic E-state index is 0.724. The normalized spacial score (nSPS) is 11.1. The van der Waals surface area contributed by atoms with Gasteiger partial charge in [0.25, 0.3) is 0 Å².